The number of hydrogen-bond acceptors (Lipinski definition) is 5. The smallest absolute Gasteiger partial charge is 0.257 e. The molecule has 136 valence electrons. The first-order chi connectivity index (χ1) is 12.4. The van der Waals surface area contributed by atoms with E-state index in [1.165, 1.54) is 17.4 Å². The van der Waals surface area contributed by atoms with Gasteiger partial charge in [0.15, 0.2) is 9.84 Å². The third-order valence-corrected chi connectivity index (χ3v) is 8.30. The molecule has 1 amide bonds. The molecule has 1 unspecified atom stereocenters. The third kappa shape index (κ3) is 3.69. The number of sulfone groups is 1. The van der Waals surface area contributed by atoms with Crippen LogP contribution in [-0.2, 0) is 9.84 Å². The van der Waals surface area contributed by atoms with Crippen LogP contribution >= 0.6 is 22.7 Å². The molecule has 1 aromatic carbocycles. The van der Waals surface area contributed by atoms with E-state index in [0.717, 1.165) is 29.5 Å². The van der Waals surface area contributed by atoms with Crippen LogP contribution in [0.15, 0.2) is 57.4 Å². The summed E-state index contributed by atoms with van der Waals surface area (Å²) < 4.78 is 53.4. The van der Waals surface area contributed by atoms with Gasteiger partial charge in [-0.3, -0.25) is 4.79 Å². The molecule has 3 aromatic rings. The van der Waals surface area contributed by atoms with Gasteiger partial charge >= 0.3 is 0 Å². The van der Waals surface area contributed by atoms with E-state index < -0.39 is 38.2 Å². The molecule has 0 fully saturated rings. The van der Waals surface area contributed by atoms with Gasteiger partial charge in [0.1, 0.15) is 26.7 Å². The van der Waals surface area contributed by atoms with Crippen molar-refractivity contribution in [3.05, 3.63) is 75.3 Å². The number of carbonyl (C=O) groups excluding carboxylic acids is 1. The predicted molar refractivity (Wildman–Crippen MR) is 97.3 cm³/mol. The van der Waals surface area contributed by atoms with E-state index in [-0.39, 0.29) is 10.8 Å². The van der Waals surface area contributed by atoms with Crippen LogP contribution in [0.25, 0.3) is 0 Å². The molecule has 3 rings (SSSR count). The first-order valence-corrected chi connectivity index (χ1v) is 10.7. The van der Waals surface area contributed by atoms with E-state index in [2.05, 4.69) is 5.32 Å². The zero-order valence-electron chi connectivity index (χ0n) is 13.2. The van der Waals surface area contributed by atoms with Crippen LogP contribution in [-0.4, -0.2) is 20.9 Å². The molecule has 0 aliphatic heterocycles. The summed E-state index contributed by atoms with van der Waals surface area (Å²) in [5, 5.41) is 4.68. The second kappa shape index (κ2) is 7.65. The minimum absolute atomic E-state index is 0.169. The monoisotopic (exact) mass is 413 g/mol. The molecule has 0 bridgehead atoms. The highest BCUT2D eigenvalue weighted by atomic mass is 32.2. The van der Waals surface area contributed by atoms with Crippen molar-refractivity contribution in [1.29, 1.82) is 0 Å². The van der Waals surface area contributed by atoms with Gasteiger partial charge in [-0.1, -0.05) is 18.2 Å². The number of benzene rings is 1. The van der Waals surface area contributed by atoms with Gasteiger partial charge in [0, 0.05) is 11.4 Å². The zero-order valence-corrected chi connectivity index (χ0v) is 15.6. The Morgan fingerprint density at radius 2 is 1.65 bits per heavy atom. The number of carbonyl (C=O) groups is 1. The molecular formula is C17H13F2NO3S3. The molecule has 0 aliphatic carbocycles. The summed E-state index contributed by atoms with van der Waals surface area (Å²) in [7, 11) is -3.75. The van der Waals surface area contributed by atoms with Gasteiger partial charge in [-0.15, -0.1) is 22.7 Å². The van der Waals surface area contributed by atoms with Crippen LogP contribution in [0.3, 0.4) is 0 Å². The fourth-order valence-corrected chi connectivity index (χ4v) is 6.38. The first-order valence-electron chi connectivity index (χ1n) is 7.44. The van der Waals surface area contributed by atoms with Gasteiger partial charge in [0.2, 0.25) is 0 Å². The van der Waals surface area contributed by atoms with Crippen molar-refractivity contribution < 1.29 is 22.0 Å². The molecule has 9 heteroatoms. The second-order valence-corrected chi connectivity index (χ2v) is 9.57. The Labute approximate surface area is 157 Å². The molecule has 2 heterocycles. The molecule has 0 radical (unpaired) electrons. The molecule has 4 nitrogen and oxygen atoms in total. The average Bonchev–Trinajstić information content (AvgIpc) is 3.29. The first kappa shape index (κ1) is 18.7. The Balaban J connectivity index is 1.87. The molecule has 0 aliphatic rings. The Hall–Kier alpha value is -2.10. The highest BCUT2D eigenvalue weighted by molar-refractivity contribution is 7.93. The van der Waals surface area contributed by atoms with E-state index in [1.54, 1.807) is 29.0 Å². The molecular weight excluding hydrogens is 400 g/mol. The highest BCUT2D eigenvalue weighted by Crippen LogP contribution is 2.33. The lowest BCUT2D eigenvalue weighted by Gasteiger charge is -2.16. The topological polar surface area (TPSA) is 63.2 Å². The number of amides is 1. The van der Waals surface area contributed by atoms with Crippen LogP contribution in [0.2, 0.25) is 0 Å². The summed E-state index contributed by atoms with van der Waals surface area (Å²) in [6.45, 7) is -0.298. The van der Waals surface area contributed by atoms with Crippen LogP contribution in [0.5, 0.6) is 0 Å². The number of rotatable bonds is 6. The number of nitrogens with one attached hydrogen (secondary N) is 1. The molecule has 0 saturated heterocycles. The summed E-state index contributed by atoms with van der Waals surface area (Å²) in [6, 6.07) is 9.55. The third-order valence-electron chi connectivity index (χ3n) is 3.65. The summed E-state index contributed by atoms with van der Waals surface area (Å²) in [6.07, 6.45) is 0. The molecule has 0 spiro atoms. The summed E-state index contributed by atoms with van der Waals surface area (Å²) >= 11 is 2.31. The lowest BCUT2D eigenvalue weighted by atomic mass is 10.2. The zero-order chi connectivity index (χ0) is 18.7. The van der Waals surface area contributed by atoms with Crippen LogP contribution in [0.4, 0.5) is 8.78 Å². The Bertz CT molecular complexity index is 980. The molecule has 2 aromatic heterocycles. The Kier molecular flexibility index (Phi) is 5.49. The van der Waals surface area contributed by atoms with Crippen molar-refractivity contribution in [3.63, 3.8) is 0 Å². The Morgan fingerprint density at radius 1 is 1.00 bits per heavy atom. The standard InChI is InChI=1S/C17H13F2NO3S3/c18-11-4-1-5-12(19)16(11)17(21)20-10-14(13-6-2-8-24-13)26(22,23)15-7-3-9-25-15/h1-9,14H,10H2,(H,20,21). The van der Waals surface area contributed by atoms with Crippen molar-refractivity contribution >= 4 is 38.4 Å². The largest absolute Gasteiger partial charge is 0.350 e. The fraction of sp³-hybridized carbons (Fsp3) is 0.118. The maximum Gasteiger partial charge on any atom is 0.257 e. The van der Waals surface area contributed by atoms with Gasteiger partial charge in [0.25, 0.3) is 5.91 Å². The average molecular weight is 413 g/mol. The van der Waals surface area contributed by atoms with Gasteiger partial charge in [-0.05, 0) is 35.0 Å². The van der Waals surface area contributed by atoms with E-state index in [1.807, 2.05) is 0 Å². The maximum atomic E-state index is 13.7. The highest BCUT2D eigenvalue weighted by Gasteiger charge is 2.31. The van der Waals surface area contributed by atoms with Crippen molar-refractivity contribution in [3.8, 4) is 0 Å². The Morgan fingerprint density at radius 3 is 2.23 bits per heavy atom. The molecule has 26 heavy (non-hydrogen) atoms. The van der Waals surface area contributed by atoms with Crippen molar-refractivity contribution in [1.82, 2.24) is 5.32 Å². The van der Waals surface area contributed by atoms with Crippen LogP contribution in [0, 0.1) is 11.6 Å². The number of halogens is 2. The summed E-state index contributed by atoms with van der Waals surface area (Å²) in [4.78, 5) is 12.7. The van der Waals surface area contributed by atoms with Gasteiger partial charge < -0.3 is 5.32 Å². The quantitative estimate of drug-likeness (QED) is 0.664. The fourth-order valence-electron chi connectivity index (χ4n) is 2.39. The van der Waals surface area contributed by atoms with Crippen LogP contribution < -0.4 is 5.32 Å². The molecule has 0 saturated carbocycles. The summed E-state index contributed by atoms with van der Waals surface area (Å²) in [5.41, 5.74) is -0.731. The van der Waals surface area contributed by atoms with Crippen LogP contribution in [0.1, 0.15) is 20.5 Å². The second-order valence-electron chi connectivity index (χ2n) is 5.29. The molecule has 1 atom stereocenters. The minimum atomic E-state index is -3.75. The maximum absolute atomic E-state index is 13.7. The minimum Gasteiger partial charge on any atom is -0.350 e. The van der Waals surface area contributed by atoms with E-state index >= 15 is 0 Å². The van der Waals surface area contributed by atoms with E-state index in [9.17, 15) is 22.0 Å². The van der Waals surface area contributed by atoms with Crippen molar-refractivity contribution in [2.45, 2.75) is 9.46 Å². The van der Waals surface area contributed by atoms with Crippen molar-refractivity contribution in [2.75, 3.05) is 6.54 Å². The molecule has 1 N–H and O–H groups in total. The number of hydrogen-bond donors (Lipinski definition) is 1. The van der Waals surface area contributed by atoms with E-state index in [0.29, 0.717) is 4.88 Å². The summed E-state index contributed by atoms with van der Waals surface area (Å²) in [5.74, 6) is -3.00. The van der Waals surface area contributed by atoms with Gasteiger partial charge in [-0.25, -0.2) is 17.2 Å². The number of thiophene rings is 2. The van der Waals surface area contributed by atoms with Gasteiger partial charge in [-0.2, -0.15) is 0 Å². The predicted octanol–water partition coefficient (Wildman–Crippen LogP) is 4.03. The lowest BCUT2D eigenvalue weighted by Crippen LogP contribution is -2.32. The SMILES string of the molecule is O=C(NCC(c1cccs1)S(=O)(=O)c1cccs1)c1c(F)cccc1F. The normalized spacial score (nSPS) is 12.7. The van der Waals surface area contributed by atoms with Gasteiger partial charge in [0.05, 0.1) is 0 Å². The van der Waals surface area contributed by atoms with Crippen molar-refractivity contribution in [2.24, 2.45) is 0 Å². The van der Waals surface area contributed by atoms with E-state index in [4.69, 9.17) is 0 Å². The lowest BCUT2D eigenvalue weighted by molar-refractivity contribution is 0.0945.